The summed E-state index contributed by atoms with van der Waals surface area (Å²) in [6, 6.07) is 0. The molecule has 1 aliphatic carbocycles. The van der Waals surface area contributed by atoms with Crippen molar-refractivity contribution < 1.29 is 9.90 Å². The van der Waals surface area contributed by atoms with Crippen LogP contribution in [0.15, 0.2) is 0 Å². The van der Waals surface area contributed by atoms with Crippen LogP contribution in [0.1, 0.15) is 46.5 Å². The molecule has 0 aromatic rings. The van der Waals surface area contributed by atoms with Crippen LogP contribution in [0.2, 0.25) is 0 Å². The minimum atomic E-state index is -0.678. The Morgan fingerprint density at radius 2 is 1.75 bits per heavy atom. The fraction of sp³-hybridized carbons (Fsp3) is 0.900. The lowest BCUT2D eigenvalue weighted by molar-refractivity contribution is -0.127. The van der Waals surface area contributed by atoms with E-state index in [1.54, 1.807) is 0 Å². The van der Waals surface area contributed by atoms with Gasteiger partial charge in [0.25, 0.3) is 0 Å². The Morgan fingerprint density at radius 1 is 1.33 bits per heavy atom. The van der Waals surface area contributed by atoms with Crippen LogP contribution in [0.3, 0.4) is 0 Å². The molecule has 1 aliphatic rings. The van der Waals surface area contributed by atoms with Crippen LogP contribution in [-0.4, -0.2) is 17.0 Å². The molecule has 2 heteroatoms. The van der Waals surface area contributed by atoms with Crippen molar-refractivity contribution in [2.24, 2.45) is 5.92 Å². The molecule has 0 aromatic heterocycles. The van der Waals surface area contributed by atoms with Crippen molar-refractivity contribution in [2.45, 2.75) is 52.6 Å². The fourth-order valence-electron chi connectivity index (χ4n) is 1.61. The lowest BCUT2D eigenvalue weighted by atomic mass is 9.98. The third-order valence-electron chi connectivity index (χ3n) is 2.26. The van der Waals surface area contributed by atoms with E-state index in [-0.39, 0.29) is 11.7 Å². The Kier molecular flexibility index (Phi) is 5.99. The second-order valence-corrected chi connectivity index (χ2v) is 3.10. The predicted octanol–water partition coefficient (Wildman–Crippen LogP) is 2.15. The Labute approximate surface area is 75.0 Å². The van der Waals surface area contributed by atoms with E-state index in [2.05, 4.69) is 0 Å². The highest BCUT2D eigenvalue weighted by Gasteiger charge is 2.25. The standard InChI is InChI=1S/C8H14O2.C2H6/c1-6(9)8(10)7-4-2-3-5-7;1-2/h7-8,10H,2-5H2,1H3;1-2H3. The summed E-state index contributed by atoms with van der Waals surface area (Å²) in [5, 5.41) is 9.28. The van der Waals surface area contributed by atoms with Crippen molar-refractivity contribution in [3.63, 3.8) is 0 Å². The van der Waals surface area contributed by atoms with Gasteiger partial charge in [-0.05, 0) is 25.7 Å². The zero-order valence-corrected chi connectivity index (χ0v) is 8.34. The van der Waals surface area contributed by atoms with Gasteiger partial charge in [0.1, 0.15) is 6.10 Å². The van der Waals surface area contributed by atoms with Gasteiger partial charge in [0.15, 0.2) is 5.78 Å². The maximum Gasteiger partial charge on any atom is 0.158 e. The lowest BCUT2D eigenvalue weighted by Crippen LogP contribution is -2.25. The van der Waals surface area contributed by atoms with Gasteiger partial charge in [-0.15, -0.1) is 0 Å². The minimum absolute atomic E-state index is 0.0769. The first-order valence-electron chi connectivity index (χ1n) is 4.90. The van der Waals surface area contributed by atoms with Crippen LogP contribution in [-0.2, 0) is 4.79 Å². The van der Waals surface area contributed by atoms with E-state index in [1.807, 2.05) is 13.8 Å². The summed E-state index contributed by atoms with van der Waals surface area (Å²) in [7, 11) is 0. The van der Waals surface area contributed by atoms with Gasteiger partial charge in [-0.25, -0.2) is 0 Å². The fourth-order valence-corrected chi connectivity index (χ4v) is 1.61. The normalized spacial score (nSPS) is 19.7. The van der Waals surface area contributed by atoms with Crippen molar-refractivity contribution in [3.8, 4) is 0 Å². The van der Waals surface area contributed by atoms with Crippen molar-refractivity contribution >= 4 is 5.78 Å². The molecular weight excluding hydrogens is 152 g/mol. The molecule has 0 aromatic carbocycles. The Balaban J connectivity index is 0.000000561. The summed E-state index contributed by atoms with van der Waals surface area (Å²) in [4.78, 5) is 10.7. The van der Waals surface area contributed by atoms with Crippen LogP contribution < -0.4 is 0 Å². The molecule has 12 heavy (non-hydrogen) atoms. The Morgan fingerprint density at radius 3 is 2.08 bits per heavy atom. The molecule has 1 unspecified atom stereocenters. The molecule has 0 bridgehead atoms. The van der Waals surface area contributed by atoms with Gasteiger partial charge < -0.3 is 5.11 Å². The second kappa shape index (κ2) is 6.18. The molecule has 0 saturated heterocycles. The molecule has 1 N–H and O–H groups in total. The number of ketones is 1. The van der Waals surface area contributed by atoms with E-state index in [4.69, 9.17) is 0 Å². The molecule has 1 saturated carbocycles. The van der Waals surface area contributed by atoms with Gasteiger partial charge in [-0.2, -0.15) is 0 Å². The average Bonchev–Trinajstić information content (AvgIpc) is 2.58. The van der Waals surface area contributed by atoms with Crippen molar-refractivity contribution in [2.75, 3.05) is 0 Å². The van der Waals surface area contributed by atoms with Crippen LogP contribution >= 0.6 is 0 Å². The number of aliphatic hydroxyl groups excluding tert-OH is 1. The molecule has 2 nitrogen and oxygen atoms in total. The number of hydrogen-bond acceptors (Lipinski definition) is 2. The van der Waals surface area contributed by atoms with Crippen LogP contribution in [0.4, 0.5) is 0 Å². The molecule has 0 amide bonds. The number of carbonyl (C=O) groups excluding carboxylic acids is 1. The van der Waals surface area contributed by atoms with Gasteiger partial charge in [-0.3, -0.25) is 4.79 Å². The molecular formula is C10H20O2. The van der Waals surface area contributed by atoms with Gasteiger partial charge >= 0.3 is 0 Å². The maximum absolute atomic E-state index is 10.7. The Hall–Kier alpha value is -0.370. The zero-order valence-electron chi connectivity index (χ0n) is 8.34. The number of rotatable bonds is 2. The highest BCUT2D eigenvalue weighted by Crippen LogP contribution is 2.27. The highest BCUT2D eigenvalue weighted by atomic mass is 16.3. The van der Waals surface area contributed by atoms with E-state index >= 15 is 0 Å². The second-order valence-electron chi connectivity index (χ2n) is 3.10. The average molecular weight is 172 g/mol. The third kappa shape index (κ3) is 3.35. The lowest BCUT2D eigenvalue weighted by Gasteiger charge is -2.13. The van der Waals surface area contributed by atoms with E-state index in [9.17, 15) is 9.90 Å². The number of hydrogen-bond donors (Lipinski definition) is 1. The predicted molar refractivity (Wildman–Crippen MR) is 50.0 cm³/mol. The first kappa shape index (κ1) is 11.6. The molecule has 0 heterocycles. The smallest absolute Gasteiger partial charge is 0.158 e. The van der Waals surface area contributed by atoms with Crippen molar-refractivity contribution in [1.29, 1.82) is 0 Å². The highest BCUT2D eigenvalue weighted by molar-refractivity contribution is 5.80. The van der Waals surface area contributed by atoms with Gasteiger partial charge in [0.05, 0.1) is 0 Å². The number of carbonyl (C=O) groups is 1. The number of aliphatic hydroxyl groups is 1. The summed E-state index contributed by atoms with van der Waals surface area (Å²) in [5.74, 6) is 0.185. The topological polar surface area (TPSA) is 37.3 Å². The SMILES string of the molecule is CC.CC(=O)C(O)C1CCCC1. The minimum Gasteiger partial charge on any atom is -0.385 e. The third-order valence-corrected chi connectivity index (χ3v) is 2.26. The largest absolute Gasteiger partial charge is 0.385 e. The van der Waals surface area contributed by atoms with Crippen LogP contribution in [0, 0.1) is 5.92 Å². The molecule has 1 rings (SSSR count). The van der Waals surface area contributed by atoms with E-state index in [0.29, 0.717) is 0 Å². The first-order valence-corrected chi connectivity index (χ1v) is 4.90. The first-order chi connectivity index (χ1) is 5.72. The van der Waals surface area contributed by atoms with Gasteiger partial charge in [0.2, 0.25) is 0 Å². The quantitative estimate of drug-likeness (QED) is 0.693. The van der Waals surface area contributed by atoms with Gasteiger partial charge in [-0.1, -0.05) is 26.7 Å². The molecule has 0 aliphatic heterocycles. The van der Waals surface area contributed by atoms with E-state index in [1.165, 1.54) is 19.8 Å². The molecule has 1 atom stereocenters. The maximum atomic E-state index is 10.7. The summed E-state index contributed by atoms with van der Waals surface area (Å²) in [6.07, 6.45) is 3.73. The zero-order chi connectivity index (χ0) is 9.56. The summed E-state index contributed by atoms with van der Waals surface area (Å²) < 4.78 is 0. The summed E-state index contributed by atoms with van der Waals surface area (Å²) in [5.41, 5.74) is 0. The molecule has 0 spiro atoms. The van der Waals surface area contributed by atoms with Crippen LogP contribution in [0.25, 0.3) is 0 Å². The molecule has 0 radical (unpaired) electrons. The van der Waals surface area contributed by atoms with Crippen LogP contribution in [0.5, 0.6) is 0 Å². The van der Waals surface area contributed by atoms with Crippen molar-refractivity contribution in [3.05, 3.63) is 0 Å². The van der Waals surface area contributed by atoms with E-state index < -0.39 is 6.10 Å². The monoisotopic (exact) mass is 172 g/mol. The van der Waals surface area contributed by atoms with Crippen molar-refractivity contribution in [1.82, 2.24) is 0 Å². The van der Waals surface area contributed by atoms with E-state index in [0.717, 1.165) is 12.8 Å². The summed E-state index contributed by atoms with van der Waals surface area (Å²) >= 11 is 0. The molecule has 1 fully saturated rings. The molecule has 72 valence electrons. The Bertz CT molecular complexity index is 126. The number of Topliss-reactive ketones (excluding diaryl/α,β-unsaturated/α-hetero) is 1. The summed E-state index contributed by atoms with van der Waals surface area (Å²) in [6.45, 7) is 5.46. The van der Waals surface area contributed by atoms with Gasteiger partial charge in [0, 0.05) is 0 Å².